The Labute approximate surface area is 90.0 Å². The Kier molecular flexibility index (Phi) is 2.72. The highest BCUT2D eigenvalue weighted by molar-refractivity contribution is 5.37. The van der Waals surface area contributed by atoms with Crippen LogP contribution in [0, 0.1) is 6.92 Å². The summed E-state index contributed by atoms with van der Waals surface area (Å²) >= 11 is 0. The van der Waals surface area contributed by atoms with Gasteiger partial charge >= 0.3 is 0 Å². The van der Waals surface area contributed by atoms with E-state index in [9.17, 15) is 5.11 Å². The molecule has 0 aromatic heterocycles. The Bertz CT molecular complexity index is 446. The number of phenolic OH excluding ortho intramolecular Hbond substituents is 1. The second-order valence-corrected chi connectivity index (χ2v) is 3.78. The van der Waals surface area contributed by atoms with Crippen LogP contribution in [0.5, 0.6) is 5.75 Å². The number of benzene rings is 2. The summed E-state index contributed by atoms with van der Waals surface area (Å²) < 4.78 is 0. The van der Waals surface area contributed by atoms with E-state index in [4.69, 9.17) is 0 Å². The highest BCUT2D eigenvalue weighted by atomic mass is 16.3. The Morgan fingerprint density at radius 1 is 0.933 bits per heavy atom. The van der Waals surface area contributed by atoms with Crippen LogP contribution in [0.4, 0.5) is 0 Å². The lowest BCUT2D eigenvalue weighted by Gasteiger charge is -2.04. The van der Waals surface area contributed by atoms with Crippen molar-refractivity contribution in [1.82, 2.24) is 0 Å². The van der Waals surface area contributed by atoms with E-state index in [-0.39, 0.29) is 0 Å². The quantitative estimate of drug-likeness (QED) is 0.785. The maximum absolute atomic E-state index is 9.58. The second kappa shape index (κ2) is 4.18. The van der Waals surface area contributed by atoms with Crippen molar-refractivity contribution in [3.63, 3.8) is 0 Å². The fourth-order valence-corrected chi connectivity index (χ4v) is 1.60. The fraction of sp³-hybridized carbons (Fsp3) is 0.143. The molecule has 76 valence electrons. The Morgan fingerprint density at radius 2 is 1.67 bits per heavy atom. The lowest BCUT2D eigenvalue weighted by molar-refractivity contribution is 0.470. The van der Waals surface area contributed by atoms with Crippen molar-refractivity contribution in [2.24, 2.45) is 0 Å². The summed E-state index contributed by atoms with van der Waals surface area (Å²) in [6, 6.07) is 16.1. The molecule has 0 atom stereocenters. The molecule has 15 heavy (non-hydrogen) atoms. The molecule has 0 radical (unpaired) electrons. The molecule has 0 spiro atoms. The molecule has 1 N–H and O–H groups in total. The summed E-state index contributed by atoms with van der Waals surface area (Å²) in [6.07, 6.45) is 0.870. The first-order valence-corrected chi connectivity index (χ1v) is 5.08. The number of hydrogen-bond acceptors (Lipinski definition) is 1. The number of aryl methyl sites for hydroxylation is 1. The molecule has 2 aromatic rings. The first-order valence-electron chi connectivity index (χ1n) is 5.08. The summed E-state index contributed by atoms with van der Waals surface area (Å²) in [5, 5.41) is 9.58. The molecule has 1 heteroatoms. The van der Waals surface area contributed by atoms with Crippen molar-refractivity contribution < 1.29 is 5.11 Å². The number of hydrogen-bond donors (Lipinski definition) is 1. The average molecular weight is 198 g/mol. The Balaban J connectivity index is 2.22. The first-order chi connectivity index (χ1) is 7.25. The summed E-state index contributed by atoms with van der Waals surface area (Å²) in [6.45, 7) is 1.90. The van der Waals surface area contributed by atoms with E-state index in [1.807, 2.05) is 37.3 Å². The SMILES string of the molecule is Cc1ccc(Cc2ccccc2)cc1O. The van der Waals surface area contributed by atoms with Crippen molar-refractivity contribution in [2.45, 2.75) is 13.3 Å². The van der Waals surface area contributed by atoms with E-state index in [1.165, 1.54) is 5.56 Å². The molecule has 0 saturated carbocycles. The van der Waals surface area contributed by atoms with Crippen molar-refractivity contribution in [1.29, 1.82) is 0 Å². The molecule has 2 rings (SSSR count). The molecule has 0 bridgehead atoms. The van der Waals surface area contributed by atoms with Crippen molar-refractivity contribution in [3.05, 3.63) is 65.2 Å². The topological polar surface area (TPSA) is 20.2 Å². The minimum atomic E-state index is 0.378. The molecule has 2 aromatic carbocycles. The Hall–Kier alpha value is -1.76. The molecular weight excluding hydrogens is 184 g/mol. The van der Waals surface area contributed by atoms with Crippen molar-refractivity contribution in [3.8, 4) is 5.75 Å². The van der Waals surface area contributed by atoms with Crippen LogP contribution in [0.15, 0.2) is 48.5 Å². The van der Waals surface area contributed by atoms with Gasteiger partial charge in [0, 0.05) is 0 Å². The molecule has 0 saturated heterocycles. The zero-order valence-electron chi connectivity index (χ0n) is 8.77. The van der Waals surface area contributed by atoms with Gasteiger partial charge in [-0.05, 0) is 36.1 Å². The van der Waals surface area contributed by atoms with Crippen LogP contribution in [0.25, 0.3) is 0 Å². The molecule has 0 aliphatic heterocycles. The first kappa shape index (κ1) is 9.78. The minimum Gasteiger partial charge on any atom is -0.508 e. The molecule has 0 aliphatic rings. The highest BCUT2D eigenvalue weighted by Crippen LogP contribution is 2.19. The van der Waals surface area contributed by atoms with E-state index in [1.54, 1.807) is 0 Å². The predicted molar refractivity (Wildman–Crippen MR) is 62.1 cm³/mol. The number of phenols is 1. The molecule has 0 unspecified atom stereocenters. The second-order valence-electron chi connectivity index (χ2n) is 3.78. The molecular formula is C14H14O. The van der Waals surface area contributed by atoms with E-state index >= 15 is 0 Å². The van der Waals surface area contributed by atoms with Crippen LogP contribution < -0.4 is 0 Å². The van der Waals surface area contributed by atoms with E-state index in [0.29, 0.717) is 5.75 Å². The van der Waals surface area contributed by atoms with Crippen molar-refractivity contribution in [2.75, 3.05) is 0 Å². The van der Waals surface area contributed by atoms with Crippen LogP contribution in [-0.2, 0) is 6.42 Å². The van der Waals surface area contributed by atoms with Gasteiger partial charge in [-0.3, -0.25) is 0 Å². The summed E-state index contributed by atoms with van der Waals surface area (Å²) in [5.74, 6) is 0.378. The molecule has 1 nitrogen and oxygen atoms in total. The van der Waals surface area contributed by atoms with Crippen LogP contribution in [-0.4, -0.2) is 5.11 Å². The normalized spacial score (nSPS) is 10.2. The third-order valence-electron chi connectivity index (χ3n) is 2.52. The van der Waals surface area contributed by atoms with Gasteiger partial charge in [0.2, 0.25) is 0 Å². The standard InChI is InChI=1S/C14H14O/c1-11-7-8-13(10-14(11)15)9-12-5-3-2-4-6-12/h2-8,10,15H,9H2,1H3. The van der Waals surface area contributed by atoms with Crippen LogP contribution in [0.2, 0.25) is 0 Å². The fourth-order valence-electron chi connectivity index (χ4n) is 1.60. The summed E-state index contributed by atoms with van der Waals surface area (Å²) in [5.41, 5.74) is 3.33. The van der Waals surface area contributed by atoms with E-state index < -0.39 is 0 Å². The maximum Gasteiger partial charge on any atom is 0.118 e. The predicted octanol–water partition coefficient (Wildman–Crippen LogP) is 3.29. The Morgan fingerprint density at radius 3 is 2.33 bits per heavy atom. The monoisotopic (exact) mass is 198 g/mol. The van der Waals surface area contributed by atoms with Gasteiger partial charge in [-0.2, -0.15) is 0 Å². The zero-order chi connectivity index (χ0) is 10.7. The molecule has 0 fully saturated rings. The molecule has 0 amide bonds. The van der Waals surface area contributed by atoms with Gasteiger partial charge < -0.3 is 5.11 Å². The third kappa shape index (κ3) is 2.38. The molecule has 0 heterocycles. The van der Waals surface area contributed by atoms with Gasteiger partial charge in [-0.25, -0.2) is 0 Å². The third-order valence-corrected chi connectivity index (χ3v) is 2.52. The van der Waals surface area contributed by atoms with Crippen LogP contribution in [0.1, 0.15) is 16.7 Å². The summed E-state index contributed by atoms with van der Waals surface area (Å²) in [4.78, 5) is 0. The van der Waals surface area contributed by atoms with Crippen molar-refractivity contribution >= 4 is 0 Å². The lowest BCUT2D eigenvalue weighted by atomic mass is 10.0. The largest absolute Gasteiger partial charge is 0.508 e. The smallest absolute Gasteiger partial charge is 0.118 e. The van der Waals surface area contributed by atoms with Gasteiger partial charge in [0.25, 0.3) is 0 Å². The van der Waals surface area contributed by atoms with Gasteiger partial charge in [0.15, 0.2) is 0 Å². The average Bonchev–Trinajstić information content (AvgIpc) is 2.25. The highest BCUT2D eigenvalue weighted by Gasteiger charge is 1.99. The van der Waals surface area contributed by atoms with Crippen LogP contribution >= 0.6 is 0 Å². The maximum atomic E-state index is 9.58. The zero-order valence-corrected chi connectivity index (χ0v) is 8.77. The van der Waals surface area contributed by atoms with E-state index in [0.717, 1.165) is 17.5 Å². The van der Waals surface area contributed by atoms with Gasteiger partial charge in [-0.15, -0.1) is 0 Å². The summed E-state index contributed by atoms with van der Waals surface area (Å²) in [7, 11) is 0. The van der Waals surface area contributed by atoms with Crippen LogP contribution in [0.3, 0.4) is 0 Å². The van der Waals surface area contributed by atoms with Gasteiger partial charge in [-0.1, -0.05) is 42.5 Å². The van der Waals surface area contributed by atoms with E-state index in [2.05, 4.69) is 18.2 Å². The number of aromatic hydroxyl groups is 1. The van der Waals surface area contributed by atoms with Gasteiger partial charge in [0.1, 0.15) is 5.75 Å². The lowest BCUT2D eigenvalue weighted by Crippen LogP contribution is -1.88. The minimum absolute atomic E-state index is 0.378. The van der Waals surface area contributed by atoms with Gasteiger partial charge in [0.05, 0.1) is 0 Å². The number of rotatable bonds is 2. The molecule has 0 aliphatic carbocycles.